The number of allylic oxidation sites excluding steroid dienone is 4. The van der Waals surface area contributed by atoms with Gasteiger partial charge >= 0.3 is 0 Å². The van der Waals surface area contributed by atoms with E-state index in [1.54, 1.807) is 0 Å². The van der Waals surface area contributed by atoms with E-state index in [0.29, 0.717) is 5.92 Å². The van der Waals surface area contributed by atoms with Crippen LogP contribution < -0.4 is 0 Å². The molecule has 0 aliphatic rings. The molecule has 0 amide bonds. The summed E-state index contributed by atoms with van der Waals surface area (Å²) in [7, 11) is 0. The van der Waals surface area contributed by atoms with Gasteiger partial charge in [-0.2, -0.15) is 12.6 Å². The number of rotatable bonds is 4. The van der Waals surface area contributed by atoms with Crippen LogP contribution >= 0.6 is 12.6 Å². The van der Waals surface area contributed by atoms with Crippen molar-refractivity contribution in [3.05, 3.63) is 23.8 Å². The molecule has 0 bridgehead atoms. The lowest BCUT2D eigenvalue weighted by molar-refractivity contribution is 0.253. The van der Waals surface area contributed by atoms with Crippen molar-refractivity contribution in [1.29, 1.82) is 0 Å². The second kappa shape index (κ2) is 5.95. The molecular weight excluding hydrogens is 212 g/mol. The Balaban J connectivity index is 5.10. The van der Waals surface area contributed by atoms with Crippen LogP contribution in [0.1, 0.15) is 54.9 Å². The maximum atomic E-state index is 4.68. The number of hydrogen-bond donors (Lipinski definition) is 1. The minimum atomic E-state index is 0.0772. The molecule has 1 heteroatoms. The molecule has 0 radical (unpaired) electrons. The lowest BCUT2D eigenvalue weighted by Gasteiger charge is -2.36. The molecule has 94 valence electrons. The first-order valence-corrected chi connectivity index (χ1v) is 6.58. The maximum Gasteiger partial charge on any atom is 0.00791 e. The monoisotopic (exact) mass is 240 g/mol. The van der Waals surface area contributed by atoms with Gasteiger partial charge in [0.15, 0.2) is 0 Å². The molecule has 0 nitrogen and oxygen atoms in total. The molecule has 1 unspecified atom stereocenters. The summed E-state index contributed by atoms with van der Waals surface area (Å²) < 4.78 is 0.0772. The summed E-state index contributed by atoms with van der Waals surface area (Å²) in [6.07, 6.45) is 7.69. The molecule has 0 N–H and O–H groups in total. The van der Waals surface area contributed by atoms with E-state index in [0.717, 1.165) is 6.42 Å². The van der Waals surface area contributed by atoms with Gasteiger partial charge in [-0.1, -0.05) is 52.8 Å². The fourth-order valence-corrected chi connectivity index (χ4v) is 2.21. The number of hydrogen-bond acceptors (Lipinski definition) is 1. The van der Waals surface area contributed by atoms with Crippen LogP contribution in [-0.4, -0.2) is 4.75 Å². The Labute approximate surface area is 108 Å². The molecule has 0 aromatic heterocycles. The third kappa shape index (κ3) is 5.79. The first kappa shape index (κ1) is 15.8. The summed E-state index contributed by atoms with van der Waals surface area (Å²) in [6.45, 7) is 15.5. The Hall–Kier alpha value is -0.170. The van der Waals surface area contributed by atoms with Gasteiger partial charge < -0.3 is 0 Å². The fraction of sp³-hybridized carbons (Fsp3) is 0.733. The predicted octanol–water partition coefficient (Wildman–Crippen LogP) is 5.27. The fourth-order valence-electron chi connectivity index (χ4n) is 2.03. The summed E-state index contributed by atoms with van der Waals surface area (Å²) in [5.41, 5.74) is 1.71. The topological polar surface area (TPSA) is 0 Å². The summed E-state index contributed by atoms with van der Waals surface area (Å²) >= 11 is 4.68. The molecule has 0 spiro atoms. The molecule has 0 saturated heterocycles. The van der Waals surface area contributed by atoms with E-state index in [1.165, 1.54) is 5.57 Å². The summed E-state index contributed by atoms with van der Waals surface area (Å²) in [5.74, 6) is 0.557. The van der Waals surface area contributed by atoms with Crippen molar-refractivity contribution in [1.82, 2.24) is 0 Å². The minimum Gasteiger partial charge on any atom is -0.173 e. The molecule has 0 aromatic carbocycles. The lowest BCUT2D eigenvalue weighted by atomic mass is 9.72. The van der Waals surface area contributed by atoms with Crippen molar-refractivity contribution < 1.29 is 0 Å². The predicted molar refractivity (Wildman–Crippen MR) is 79.2 cm³/mol. The second-order valence-corrected chi connectivity index (χ2v) is 7.43. The molecule has 0 rings (SSSR count). The zero-order chi connectivity index (χ0) is 13.0. The number of thiol groups is 1. The Kier molecular flexibility index (Phi) is 5.89. The van der Waals surface area contributed by atoms with Crippen LogP contribution in [0.4, 0.5) is 0 Å². The van der Waals surface area contributed by atoms with E-state index in [2.05, 4.69) is 79.3 Å². The quantitative estimate of drug-likeness (QED) is 0.502. The van der Waals surface area contributed by atoms with E-state index in [1.807, 2.05) is 0 Å². The molecule has 1 atom stereocenters. The summed E-state index contributed by atoms with van der Waals surface area (Å²) in [4.78, 5) is 0. The van der Waals surface area contributed by atoms with Gasteiger partial charge in [0.05, 0.1) is 0 Å². The molecular formula is C15H28S. The van der Waals surface area contributed by atoms with Crippen LogP contribution in [0.15, 0.2) is 23.8 Å². The molecule has 0 aliphatic heterocycles. The third-order valence-electron chi connectivity index (χ3n) is 2.84. The van der Waals surface area contributed by atoms with Gasteiger partial charge in [-0.05, 0) is 37.2 Å². The van der Waals surface area contributed by atoms with E-state index in [4.69, 9.17) is 0 Å². The Morgan fingerprint density at radius 2 is 1.62 bits per heavy atom. The average Bonchev–Trinajstić information content (AvgIpc) is 2.07. The molecule has 16 heavy (non-hydrogen) atoms. The first-order chi connectivity index (χ1) is 7.11. The van der Waals surface area contributed by atoms with E-state index in [9.17, 15) is 0 Å². The highest BCUT2D eigenvalue weighted by Gasteiger charge is 2.30. The highest BCUT2D eigenvalue weighted by atomic mass is 32.1. The van der Waals surface area contributed by atoms with Crippen molar-refractivity contribution in [3.8, 4) is 0 Å². The average molecular weight is 240 g/mol. The second-order valence-electron chi connectivity index (χ2n) is 6.22. The van der Waals surface area contributed by atoms with Crippen molar-refractivity contribution >= 4 is 12.6 Å². The van der Waals surface area contributed by atoms with Crippen molar-refractivity contribution in [2.75, 3.05) is 0 Å². The Morgan fingerprint density at radius 3 is 1.88 bits per heavy atom. The molecule has 0 fully saturated rings. The van der Waals surface area contributed by atoms with Gasteiger partial charge in [0.25, 0.3) is 0 Å². The van der Waals surface area contributed by atoms with E-state index < -0.39 is 0 Å². The highest BCUT2D eigenvalue weighted by Crippen LogP contribution is 2.40. The molecule has 0 aliphatic carbocycles. The van der Waals surface area contributed by atoms with Gasteiger partial charge in [-0.25, -0.2) is 0 Å². The summed E-state index contributed by atoms with van der Waals surface area (Å²) in [5, 5.41) is 0. The lowest BCUT2D eigenvalue weighted by Crippen LogP contribution is -2.28. The van der Waals surface area contributed by atoms with Crippen molar-refractivity contribution in [3.63, 3.8) is 0 Å². The highest BCUT2D eigenvalue weighted by molar-refractivity contribution is 7.81. The van der Waals surface area contributed by atoms with Crippen LogP contribution in [0.3, 0.4) is 0 Å². The third-order valence-corrected chi connectivity index (χ3v) is 3.03. The van der Waals surface area contributed by atoms with E-state index >= 15 is 0 Å². The van der Waals surface area contributed by atoms with Crippen LogP contribution in [0.5, 0.6) is 0 Å². The minimum absolute atomic E-state index is 0.0772. The molecule has 0 heterocycles. The van der Waals surface area contributed by atoms with E-state index in [-0.39, 0.29) is 10.2 Å². The Morgan fingerprint density at radius 1 is 1.12 bits per heavy atom. The van der Waals surface area contributed by atoms with Gasteiger partial charge in [0, 0.05) is 4.75 Å². The molecule has 0 aromatic rings. The standard InChI is InChI=1S/C15H28S/c1-8-10-12(9-2)13(14(3,4)5)11-15(6,7)16/h8-10,13,16H,11H2,1-7H3/b10-8-,12-9+. The van der Waals surface area contributed by atoms with Gasteiger partial charge in [-0.15, -0.1) is 0 Å². The first-order valence-electron chi connectivity index (χ1n) is 6.13. The normalized spacial score (nSPS) is 16.9. The van der Waals surface area contributed by atoms with Gasteiger partial charge in [0.1, 0.15) is 0 Å². The van der Waals surface area contributed by atoms with Crippen LogP contribution in [0.25, 0.3) is 0 Å². The SMILES string of the molecule is C/C=C\C(=C/C)C(CC(C)(C)S)C(C)(C)C. The summed E-state index contributed by atoms with van der Waals surface area (Å²) in [6, 6.07) is 0. The Bertz CT molecular complexity index is 258. The van der Waals surface area contributed by atoms with Crippen molar-refractivity contribution in [2.45, 2.75) is 59.6 Å². The maximum absolute atomic E-state index is 4.68. The van der Waals surface area contributed by atoms with Crippen LogP contribution in [0.2, 0.25) is 0 Å². The smallest absolute Gasteiger partial charge is 0.00791 e. The zero-order valence-corrected chi connectivity index (χ0v) is 12.9. The van der Waals surface area contributed by atoms with Gasteiger partial charge in [-0.3, -0.25) is 0 Å². The van der Waals surface area contributed by atoms with Gasteiger partial charge in [0.2, 0.25) is 0 Å². The largest absolute Gasteiger partial charge is 0.173 e. The van der Waals surface area contributed by atoms with Crippen LogP contribution in [-0.2, 0) is 0 Å². The van der Waals surface area contributed by atoms with Crippen LogP contribution in [0, 0.1) is 11.3 Å². The molecule has 0 saturated carbocycles. The zero-order valence-electron chi connectivity index (χ0n) is 12.0. The van der Waals surface area contributed by atoms with Crippen molar-refractivity contribution in [2.24, 2.45) is 11.3 Å².